The molecule has 2 aromatic rings. The molecule has 0 saturated carbocycles. The number of carbonyl (C=O) groups excluding carboxylic acids is 1. The van der Waals surface area contributed by atoms with Gasteiger partial charge in [0.25, 0.3) is 0 Å². The molecule has 0 aromatic heterocycles. The molecule has 0 radical (unpaired) electrons. The monoisotopic (exact) mass is 558 g/mol. The lowest BCUT2D eigenvalue weighted by Crippen LogP contribution is -2.50. The molecule has 0 aliphatic carbocycles. The minimum atomic E-state index is -2.43. The smallest absolute Gasteiger partial charge is 0.312 e. The number of rotatable bonds is 11. The average Bonchev–Trinajstić information content (AvgIpc) is 3.53. The lowest BCUT2D eigenvalue weighted by atomic mass is 9.81. The second-order valence-electron chi connectivity index (χ2n) is 11.3. The fraction of sp³-hybridized carbons (Fsp3) is 0.567. The molecule has 2 aliphatic rings. The molecule has 1 fully saturated rings. The van der Waals surface area contributed by atoms with Crippen molar-refractivity contribution in [1.82, 2.24) is 0 Å². The largest absolute Gasteiger partial charge is 0.493 e. The molecule has 39 heavy (non-hydrogen) atoms. The van der Waals surface area contributed by atoms with E-state index in [0.717, 1.165) is 5.56 Å². The van der Waals surface area contributed by atoms with Crippen LogP contribution in [0, 0.1) is 11.8 Å². The van der Waals surface area contributed by atoms with Gasteiger partial charge in [0.2, 0.25) is 15.1 Å². The molecule has 1 saturated heterocycles. The Balaban J connectivity index is 1.81. The Morgan fingerprint density at radius 1 is 0.821 bits per heavy atom. The minimum absolute atomic E-state index is 0.129. The van der Waals surface area contributed by atoms with Gasteiger partial charge in [-0.05, 0) is 52.0 Å². The topological polar surface area (TPSA) is 92.7 Å². The summed E-state index contributed by atoms with van der Waals surface area (Å²) in [5.74, 6) is 0.645. The summed E-state index contributed by atoms with van der Waals surface area (Å²) in [5.41, 5.74) is 2.37. The number of hydrogen-bond donors (Lipinski definition) is 1. The maximum Gasteiger partial charge on any atom is 0.312 e. The summed E-state index contributed by atoms with van der Waals surface area (Å²) in [6.45, 7) is 13.6. The molecule has 1 N–H and O–H groups in total. The summed E-state index contributed by atoms with van der Waals surface area (Å²) in [6.07, 6.45) is -1.62. The second kappa shape index (κ2) is 11.8. The lowest BCUT2D eigenvalue weighted by molar-refractivity contribution is -0.144. The summed E-state index contributed by atoms with van der Waals surface area (Å²) in [4.78, 5) is 13.2. The summed E-state index contributed by atoms with van der Waals surface area (Å²) in [5, 5.41) is 11.6. The van der Waals surface area contributed by atoms with Crippen molar-refractivity contribution in [1.29, 1.82) is 0 Å². The van der Waals surface area contributed by atoms with E-state index in [4.69, 9.17) is 28.1 Å². The predicted octanol–water partition coefficient (Wildman–Crippen LogP) is 6.19. The van der Waals surface area contributed by atoms with E-state index in [1.54, 1.807) is 32.4 Å². The van der Waals surface area contributed by atoms with Gasteiger partial charge in [0.15, 0.2) is 23.0 Å². The van der Waals surface area contributed by atoms with E-state index in [9.17, 15) is 9.90 Å². The van der Waals surface area contributed by atoms with Gasteiger partial charge in [-0.25, -0.2) is 0 Å². The van der Waals surface area contributed by atoms with Gasteiger partial charge in [0.05, 0.1) is 39.0 Å². The number of aliphatic hydroxyl groups is 1. The van der Waals surface area contributed by atoms with Gasteiger partial charge in [-0.1, -0.05) is 53.7 Å². The van der Waals surface area contributed by atoms with Crippen molar-refractivity contribution < 1.29 is 38.0 Å². The summed E-state index contributed by atoms with van der Waals surface area (Å²) < 4.78 is 35.1. The predicted molar refractivity (Wildman–Crippen MR) is 150 cm³/mol. The number of hydrogen-bond acceptors (Lipinski definition) is 8. The van der Waals surface area contributed by atoms with Gasteiger partial charge >= 0.3 is 5.97 Å². The fourth-order valence-corrected chi connectivity index (χ4v) is 12.1. The van der Waals surface area contributed by atoms with E-state index in [0.29, 0.717) is 45.2 Å². The molecule has 9 heteroatoms. The van der Waals surface area contributed by atoms with E-state index in [1.165, 1.54) is 0 Å². The van der Waals surface area contributed by atoms with Crippen molar-refractivity contribution in [2.24, 2.45) is 11.8 Å². The Labute approximate surface area is 232 Å². The lowest BCUT2D eigenvalue weighted by Gasteiger charge is -2.46. The third-order valence-electron chi connectivity index (χ3n) is 8.39. The van der Waals surface area contributed by atoms with Crippen LogP contribution in [0.15, 0.2) is 36.4 Å². The molecule has 0 spiro atoms. The van der Waals surface area contributed by atoms with Crippen LogP contribution in [0.4, 0.5) is 0 Å². The zero-order chi connectivity index (χ0) is 28.5. The highest BCUT2D eigenvalue weighted by molar-refractivity contribution is 6.77. The van der Waals surface area contributed by atoms with Crippen molar-refractivity contribution in [3.05, 3.63) is 47.5 Å². The van der Waals surface area contributed by atoms with Crippen LogP contribution in [0.5, 0.6) is 23.0 Å². The minimum Gasteiger partial charge on any atom is -0.493 e. The van der Waals surface area contributed by atoms with E-state index < -0.39 is 38.3 Å². The maximum atomic E-state index is 13.2. The highest BCUT2D eigenvalue weighted by Gasteiger charge is 2.53. The van der Waals surface area contributed by atoms with Crippen molar-refractivity contribution in [2.75, 3.05) is 27.6 Å². The van der Waals surface area contributed by atoms with Gasteiger partial charge in [-0.2, -0.15) is 0 Å². The van der Waals surface area contributed by atoms with Gasteiger partial charge < -0.3 is 33.2 Å². The zero-order valence-electron chi connectivity index (χ0n) is 24.2. The Bertz CT molecular complexity index is 1140. The first-order valence-corrected chi connectivity index (χ1v) is 15.8. The number of carbonyl (C=O) groups is 1. The summed E-state index contributed by atoms with van der Waals surface area (Å²) in [7, 11) is 0.770. The van der Waals surface area contributed by atoms with Crippen LogP contribution in [0.3, 0.4) is 0 Å². The van der Waals surface area contributed by atoms with E-state index >= 15 is 0 Å². The molecule has 4 rings (SSSR count). The van der Waals surface area contributed by atoms with Crippen LogP contribution < -0.4 is 18.9 Å². The summed E-state index contributed by atoms with van der Waals surface area (Å²) >= 11 is 0. The fourth-order valence-electron chi connectivity index (χ4n) is 6.56. The number of benzene rings is 2. The zero-order valence-corrected chi connectivity index (χ0v) is 25.2. The molecule has 0 bridgehead atoms. The summed E-state index contributed by atoms with van der Waals surface area (Å²) in [6, 6.07) is 11.0. The molecule has 8 nitrogen and oxygen atoms in total. The first kappa shape index (κ1) is 29.2. The molecule has 4 atom stereocenters. The Kier molecular flexibility index (Phi) is 8.83. The first-order valence-electron chi connectivity index (χ1n) is 13.7. The van der Waals surface area contributed by atoms with E-state index in [2.05, 4.69) is 41.5 Å². The third-order valence-corrected chi connectivity index (χ3v) is 14.5. The van der Waals surface area contributed by atoms with Crippen LogP contribution in [0.2, 0.25) is 16.6 Å². The molecule has 214 valence electrons. The number of cyclic esters (lactones) is 1. The Hall–Kier alpha value is -2.75. The Morgan fingerprint density at radius 2 is 1.44 bits per heavy atom. The van der Waals surface area contributed by atoms with Crippen LogP contribution in [-0.2, 0) is 14.0 Å². The van der Waals surface area contributed by atoms with Gasteiger partial charge in [-0.3, -0.25) is 4.79 Å². The Morgan fingerprint density at radius 3 is 2.05 bits per heavy atom. The molecular weight excluding hydrogens is 516 g/mol. The molecule has 0 amide bonds. The van der Waals surface area contributed by atoms with E-state index in [1.807, 2.05) is 18.2 Å². The van der Waals surface area contributed by atoms with Crippen LogP contribution in [0.1, 0.15) is 64.9 Å². The third kappa shape index (κ3) is 5.36. The van der Waals surface area contributed by atoms with E-state index in [-0.39, 0.29) is 13.4 Å². The molecule has 2 aromatic carbocycles. The second-order valence-corrected chi connectivity index (χ2v) is 16.8. The number of fused-ring (bicyclic) bond motifs is 1. The molecule has 2 aliphatic heterocycles. The van der Waals surface area contributed by atoms with Crippen molar-refractivity contribution in [2.45, 2.75) is 70.4 Å². The average molecular weight is 559 g/mol. The van der Waals surface area contributed by atoms with Crippen molar-refractivity contribution >= 4 is 14.3 Å². The molecule has 2 heterocycles. The van der Waals surface area contributed by atoms with Crippen LogP contribution in [0.25, 0.3) is 0 Å². The quantitative estimate of drug-likeness (QED) is 0.258. The van der Waals surface area contributed by atoms with Gasteiger partial charge in [-0.15, -0.1) is 0 Å². The van der Waals surface area contributed by atoms with Crippen LogP contribution in [-0.4, -0.2) is 47.0 Å². The van der Waals surface area contributed by atoms with Crippen molar-refractivity contribution in [3.8, 4) is 23.0 Å². The highest BCUT2D eigenvalue weighted by Crippen LogP contribution is 2.51. The van der Waals surface area contributed by atoms with Gasteiger partial charge in [0.1, 0.15) is 0 Å². The highest BCUT2D eigenvalue weighted by atomic mass is 28.4. The normalized spacial score (nSPS) is 20.5. The number of esters is 1. The molecule has 0 unspecified atom stereocenters. The SMILES string of the molecule is COc1ccc([C@H](O[Si](C(C)C)(C(C)C)C(C)C)[C@@H]2COC(=O)[C@H]2[C@@H](O)c2ccc3c(c2)OCO3)cc1OC. The van der Waals surface area contributed by atoms with Gasteiger partial charge in [0, 0.05) is 5.92 Å². The number of ether oxygens (including phenoxy) is 5. The standard InChI is InChI=1S/C30H42O8Si/c1-17(2)39(18(3)4,19(5)6)38-29(21-10-11-23(33-7)25(14-21)34-8)22-15-35-30(32)27(22)28(31)20-9-12-24-26(13-20)37-16-36-24/h9-14,17-19,22,27-29,31H,15-16H2,1-8H3/t22-,27-,28+,29+/m1/s1. The number of aliphatic hydroxyl groups excluding tert-OH is 1. The van der Waals surface area contributed by atoms with Crippen LogP contribution >= 0.6 is 0 Å². The first-order chi connectivity index (χ1) is 18.5. The maximum absolute atomic E-state index is 13.2. The van der Waals surface area contributed by atoms with Crippen molar-refractivity contribution in [3.63, 3.8) is 0 Å². The molecular formula is C30H42O8Si. The number of methoxy groups -OCH3 is 2.